The number of hydrogen-bond acceptors (Lipinski definition) is 5. The minimum atomic E-state index is -0.802. The fraction of sp³-hybridized carbons (Fsp3) is 0.579. The summed E-state index contributed by atoms with van der Waals surface area (Å²) in [5.74, 6) is -0.603. The molecule has 27 heavy (non-hydrogen) atoms. The highest BCUT2D eigenvalue weighted by Gasteiger charge is 2.31. The van der Waals surface area contributed by atoms with Gasteiger partial charge in [-0.05, 0) is 44.6 Å². The molecule has 4 rings (SSSR count). The van der Waals surface area contributed by atoms with Gasteiger partial charge in [-0.25, -0.2) is 4.98 Å². The van der Waals surface area contributed by atoms with E-state index in [-0.39, 0.29) is 23.4 Å². The molecule has 2 atom stereocenters. The Bertz CT molecular complexity index is 977. The van der Waals surface area contributed by atoms with Gasteiger partial charge in [0.15, 0.2) is 0 Å². The summed E-state index contributed by atoms with van der Waals surface area (Å²) in [5.41, 5.74) is 0.633. The van der Waals surface area contributed by atoms with E-state index in [0.717, 1.165) is 31.5 Å². The Morgan fingerprint density at radius 1 is 1.26 bits per heavy atom. The number of hydrogen-bond donors (Lipinski definition) is 2. The largest absolute Gasteiger partial charge is 0.481 e. The highest BCUT2D eigenvalue weighted by molar-refractivity contribution is 7.20. The highest BCUT2D eigenvalue weighted by Crippen LogP contribution is 2.30. The van der Waals surface area contributed by atoms with E-state index in [1.165, 1.54) is 11.3 Å². The van der Waals surface area contributed by atoms with Crippen molar-refractivity contribution in [3.8, 4) is 0 Å². The van der Waals surface area contributed by atoms with Crippen LogP contribution in [0.15, 0.2) is 4.79 Å². The number of rotatable bonds is 3. The topological polar surface area (TPSA) is 101 Å². The molecule has 1 aliphatic carbocycles. The number of carboxylic acids is 1. The first-order chi connectivity index (χ1) is 13.0. The number of carbonyl (C=O) groups is 2. The Morgan fingerprint density at radius 3 is 2.81 bits per heavy atom. The first kappa shape index (κ1) is 18.2. The second-order valence-electron chi connectivity index (χ2n) is 7.55. The van der Waals surface area contributed by atoms with Crippen molar-refractivity contribution in [3.05, 3.63) is 26.6 Å². The van der Waals surface area contributed by atoms with Crippen molar-refractivity contribution in [3.63, 3.8) is 0 Å². The smallest absolute Gasteiger partial charge is 0.306 e. The van der Waals surface area contributed by atoms with Gasteiger partial charge in [-0.15, -0.1) is 11.3 Å². The second-order valence-corrected chi connectivity index (χ2v) is 8.55. The van der Waals surface area contributed by atoms with Crippen LogP contribution in [-0.2, 0) is 17.8 Å². The van der Waals surface area contributed by atoms with Crippen LogP contribution in [0, 0.1) is 12.8 Å². The van der Waals surface area contributed by atoms with Crippen LogP contribution in [-0.4, -0.2) is 32.6 Å². The molecule has 1 aliphatic heterocycles. The lowest BCUT2D eigenvalue weighted by molar-refractivity contribution is -0.141. The van der Waals surface area contributed by atoms with Gasteiger partial charge in [-0.1, -0.05) is 6.42 Å². The lowest BCUT2D eigenvalue weighted by atomic mass is 10.1. The minimum Gasteiger partial charge on any atom is -0.481 e. The first-order valence-corrected chi connectivity index (χ1v) is 10.3. The number of aliphatic carboxylic acids is 1. The van der Waals surface area contributed by atoms with Crippen LogP contribution < -0.4 is 10.9 Å². The quantitative estimate of drug-likeness (QED) is 0.840. The van der Waals surface area contributed by atoms with Crippen molar-refractivity contribution < 1.29 is 14.7 Å². The number of fused-ring (bicyclic) bond motifs is 2. The van der Waals surface area contributed by atoms with Crippen LogP contribution in [0.5, 0.6) is 0 Å². The maximum absolute atomic E-state index is 13.0. The SMILES string of the molecule is Cc1c(C(=O)N[C@@H]2CC[C@H](C(=O)O)C2)sc2nc3n(c(=O)c12)CCCCC3. The standard InChI is InChI=1S/C19H23N3O4S/c1-10-14-17(21-13-5-3-2-4-8-22(13)18(14)24)27-15(10)16(23)20-12-7-6-11(9-12)19(25)26/h11-12H,2-9H2,1H3,(H,20,23)(H,25,26)/t11-,12+/m0/s1. The number of thiophene rings is 1. The minimum absolute atomic E-state index is 0.0449. The third-order valence-electron chi connectivity index (χ3n) is 5.73. The average molecular weight is 389 g/mol. The highest BCUT2D eigenvalue weighted by atomic mass is 32.1. The Hall–Kier alpha value is -2.22. The summed E-state index contributed by atoms with van der Waals surface area (Å²) in [6, 6.07) is -0.131. The summed E-state index contributed by atoms with van der Waals surface area (Å²) in [6.07, 6.45) is 5.61. The molecule has 1 amide bonds. The van der Waals surface area contributed by atoms with Crippen LogP contribution in [0.1, 0.15) is 59.6 Å². The maximum Gasteiger partial charge on any atom is 0.306 e. The normalized spacial score (nSPS) is 22.4. The van der Waals surface area contributed by atoms with E-state index in [1.807, 2.05) is 0 Å². The predicted molar refractivity (Wildman–Crippen MR) is 102 cm³/mol. The van der Waals surface area contributed by atoms with Gasteiger partial charge in [0, 0.05) is 19.0 Å². The van der Waals surface area contributed by atoms with Crippen LogP contribution in [0.3, 0.4) is 0 Å². The Morgan fingerprint density at radius 2 is 2.07 bits per heavy atom. The monoisotopic (exact) mass is 389 g/mol. The molecule has 0 saturated heterocycles. The van der Waals surface area contributed by atoms with E-state index in [2.05, 4.69) is 5.32 Å². The summed E-state index contributed by atoms with van der Waals surface area (Å²) in [5, 5.41) is 12.6. The molecule has 2 aromatic heterocycles. The van der Waals surface area contributed by atoms with Crippen LogP contribution in [0.2, 0.25) is 0 Å². The lowest BCUT2D eigenvalue weighted by Gasteiger charge is -2.11. The van der Waals surface area contributed by atoms with E-state index in [4.69, 9.17) is 10.1 Å². The van der Waals surface area contributed by atoms with Gasteiger partial charge in [0.2, 0.25) is 0 Å². The first-order valence-electron chi connectivity index (χ1n) is 9.52. The molecule has 0 spiro atoms. The Kier molecular flexibility index (Phi) is 4.75. The van der Waals surface area contributed by atoms with Crippen molar-refractivity contribution in [2.75, 3.05) is 0 Å². The van der Waals surface area contributed by atoms with Crippen molar-refractivity contribution in [1.29, 1.82) is 0 Å². The van der Waals surface area contributed by atoms with Crippen LogP contribution in [0.4, 0.5) is 0 Å². The van der Waals surface area contributed by atoms with E-state index in [0.29, 0.717) is 46.5 Å². The molecule has 1 saturated carbocycles. The van der Waals surface area contributed by atoms with Crippen molar-refractivity contribution in [2.45, 2.75) is 64.5 Å². The molecule has 0 radical (unpaired) electrons. The summed E-state index contributed by atoms with van der Waals surface area (Å²) in [7, 11) is 0. The molecule has 2 aliphatic rings. The van der Waals surface area contributed by atoms with Gasteiger partial charge < -0.3 is 10.4 Å². The van der Waals surface area contributed by atoms with Crippen molar-refractivity contribution in [2.24, 2.45) is 5.92 Å². The van der Waals surface area contributed by atoms with Gasteiger partial charge in [-0.3, -0.25) is 19.0 Å². The van der Waals surface area contributed by atoms with Crippen LogP contribution >= 0.6 is 11.3 Å². The Labute approximate surface area is 160 Å². The van der Waals surface area contributed by atoms with Crippen molar-refractivity contribution in [1.82, 2.24) is 14.9 Å². The van der Waals surface area contributed by atoms with Crippen LogP contribution in [0.25, 0.3) is 10.2 Å². The average Bonchev–Trinajstić information content (AvgIpc) is 3.13. The fourth-order valence-corrected chi connectivity index (χ4v) is 5.31. The molecular weight excluding hydrogens is 366 g/mol. The van der Waals surface area contributed by atoms with Gasteiger partial charge in [0.25, 0.3) is 11.5 Å². The fourth-order valence-electron chi connectivity index (χ4n) is 4.21. The summed E-state index contributed by atoms with van der Waals surface area (Å²) in [6.45, 7) is 2.49. The van der Waals surface area contributed by atoms with E-state index in [9.17, 15) is 14.4 Å². The summed E-state index contributed by atoms with van der Waals surface area (Å²) in [4.78, 5) is 42.7. The number of aromatic nitrogens is 2. The Balaban J connectivity index is 1.64. The lowest BCUT2D eigenvalue weighted by Crippen LogP contribution is -2.33. The number of carbonyl (C=O) groups excluding carboxylic acids is 1. The summed E-state index contributed by atoms with van der Waals surface area (Å²) >= 11 is 1.26. The number of carboxylic acid groups (broad SMARTS) is 1. The molecule has 7 nitrogen and oxygen atoms in total. The predicted octanol–water partition coefficient (Wildman–Crippen LogP) is 2.48. The van der Waals surface area contributed by atoms with E-state index >= 15 is 0 Å². The molecular formula is C19H23N3O4S. The maximum atomic E-state index is 13.0. The van der Waals surface area contributed by atoms with Gasteiger partial charge >= 0.3 is 5.97 Å². The van der Waals surface area contributed by atoms with E-state index in [1.54, 1.807) is 11.5 Å². The number of nitrogens with one attached hydrogen (secondary N) is 1. The number of amides is 1. The zero-order valence-corrected chi connectivity index (χ0v) is 16.1. The zero-order chi connectivity index (χ0) is 19.1. The third-order valence-corrected chi connectivity index (χ3v) is 6.92. The molecule has 0 bridgehead atoms. The van der Waals surface area contributed by atoms with E-state index < -0.39 is 5.97 Å². The molecule has 2 N–H and O–H groups in total. The van der Waals surface area contributed by atoms with Gasteiger partial charge in [0.1, 0.15) is 10.7 Å². The molecule has 2 aromatic rings. The second kappa shape index (κ2) is 7.07. The third kappa shape index (κ3) is 3.26. The molecule has 1 fully saturated rings. The molecule has 3 heterocycles. The molecule has 8 heteroatoms. The van der Waals surface area contributed by atoms with Gasteiger partial charge in [-0.2, -0.15) is 0 Å². The zero-order valence-electron chi connectivity index (χ0n) is 15.3. The number of nitrogens with zero attached hydrogens (tertiary/aromatic N) is 2. The molecule has 144 valence electrons. The van der Waals surface area contributed by atoms with Gasteiger partial charge in [0.05, 0.1) is 16.2 Å². The molecule has 0 aromatic carbocycles. The summed E-state index contributed by atoms with van der Waals surface area (Å²) < 4.78 is 1.77. The number of aryl methyl sites for hydroxylation is 2. The molecule has 0 unspecified atom stereocenters. The van der Waals surface area contributed by atoms with Crippen molar-refractivity contribution >= 4 is 33.4 Å².